The molecule has 2 aliphatic rings. The molecule has 0 spiro atoms. The van der Waals surface area contributed by atoms with Gasteiger partial charge in [-0.2, -0.15) is 0 Å². The van der Waals surface area contributed by atoms with E-state index >= 15 is 0 Å². The molecule has 2 atom stereocenters. The number of hydrogen-bond donors (Lipinski definition) is 1. The number of carbonyl (C=O) groups excluding carboxylic acids is 1. The van der Waals surface area contributed by atoms with E-state index in [4.69, 9.17) is 4.98 Å². The molecule has 0 saturated carbocycles. The Morgan fingerprint density at radius 1 is 1.41 bits per heavy atom. The highest BCUT2D eigenvalue weighted by atomic mass is 16.1. The van der Waals surface area contributed by atoms with Crippen LogP contribution in [-0.4, -0.2) is 21.5 Å². The summed E-state index contributed by atoms with van der Waals surface area (Å²) in [7, 11) is 0. The standard InChI is InChI=1S/C18H27N3O/c1-18(2,3)15-12-21-11-14(8-9-16(21)20-15)19-17(22)10-13-6-4-5-7-13/h4,6,12-14H,5,7-11H2,1-3H3,(H,19,22)/t13-,14-/m0/s1. The summed E-state index contributed by atoms with van der Waals surface area (Å²) in [6.07, 6.45) is 11.4. The minimum absolute atomic E-state index is 0.0812. The maximum Gasteiger partial charge on any atom is 0.220 e. The van der Waals surface area contributed by atoms with Gasteiger partial charge in [0.15, 0.2) is 0 Å². The van der Waals surface area contributed by atoms with Crippen LogP contribution in [0, 0.1) is 5.92 Å². The molecular weight excluding hydrogens is 274 g/mol. The molecule has 1 aliphatic carbocycles. The second-order valence-corrected chi connectivity index (χ2v) is 7.72. The number of aryl methyl sites for hydroxylation is 1. The fourth-order valence-electron chi connectivity index (χ4n) is 3.31. The van der Waals surface area contributed by atoms with Crippen molar-refractivity contribution >= 4 is 5.91 Å². The highest BCUT2D eigenvalue weighted by molar-refractivity contribution is 5.76. The lowest BCUT2D eigenvalue weighted by atomic mass is 9.93. The highest BCUT2D eigenvalue weighted by Gasteiger charge is 2.25. The number of hydrogen-bond acceptors (Lipinski definition) is 2. The molecule has 1 aromatic heterocycles. The van der Waals surface area contributed by atoms with E-state index in [1.807, 2.05) is 0 Å². The van der Waals surface area contributed by atoms with E-state index in [9.17, 15) is 4.79 Å². The number of fused-ring (bicyclic) bond motifs is 1. The van der Waals surface area contributed by atoms with E-state index in [0.717, 1.165) is 43.7 Å². The predicted molar refractivity (Wildman–Crippen MR) is 87.7 cm³/mol. The zero-order chi connectivity index (χ0) is 15.7. The predicted octanol–water partition coefficient (Wildman–Crippen LogP) is 2.97. The average Bonchev–Trinajstić information content (AvgIpc) is 3.06. The van der Waals surface area contributed by atoms with Crippen LogP contribution >= 0.6 is 0 Å². The van der Waals surface area contributed by atoms with Crippen molar-refractivity contribution in [3.8, 4) is 0 Å². The fourth-order valence-corrected chi connectivity index (χ4v) is 3.31. The van der Waals surface area contributed by atoms with Gasteiger partial charge in [-0.1, -0.05) is 32.9 Å². The van der Waals surface area contributed by atoms with Gasteiger partial charge in [0.25, 0.3) is 0 Å². The summed E-state index contributed by atoms with van der Waals surface area (Å²) >= 11 is 0. The monoisotopic (exact) mass is 301 g/mol. The van der Waals surface area contributed by atoms with Crippen LogP contribution in [0.25, 0.3) is 0 Å². The van der Waals surface area contributed by atoms with Gasteiger partial charge in [-0.3, -0.25) is 4.79 Å². The maximum absolute atomic E-state index is 12.2. The lowest BCUT2D eigenvalue weighted by molar-refractivity contribution is -0.122. The number of nitrogens with zero attached hydrogens (tertiary/aromatic N) is 2. The molecule has 0 bridgehead atoms. The molecule has 0 saturated heterocycles. The van der Waals surface area contributed by atoms with Crippen LogP contribution in [0.3, 0.4) is 0 Å². The number of nitrogens with one attached hydrogen (secondary N) is 1. The minimum Gasteiger partial charge on any atom is -0.352 e. The van der Waals surface area contributed by atoms with E-state index in [1.54, 1.807) is 0 Å². The lowest BCUT2D eigenvalue weighted by Crippen LogP contribution is -2.41. The first-order valence-corrected chi connectivity index (χ1v) is 8.44. The Hall–Kier alpha value is -1.58. The van der Waals surface area contributed by atoms with E-state index in [2.05, 4.69) is 49.0 Å². The third-order valence-corrected chi connectivity index (χ3v) is 4.69. The van der Waals surface area contributed by atoms with Crippen LogP contribution in [0.15, 0.2) is 18.3 Å². The molecule has 4 nitrogen and oxygen atoms in total. The molecule has 1 N–H and O–H groups in total. The number of imidazole rings is 1. The van der Waals surface area contributed by atoms with Crippen LogP contribution in [0.5, 0.6) is 0 Å². The van der Waals surface area contributed by atoms with Crippen LogP contribution in [0.1, 0.15) is 58.0 Å². The first-order valence-electron chi connectivity index (χ1n) is 8.44. The molecule has 3 rings (SSSR count). The Morgan fingerprint density at radius 2 is 2.23 bits per heavy atom. The highest BCUT2D eigenvalue weighted by Crippen LogP contribution is 2.25. The summed E-state index contributed by atoms with van der Waals surface area (Å²) < 4.78 is 2.23. The third-order valence-electron chi connectivity index (χ3n) is 4.69. The molecule has 0 fully saturated rings. The molecule has 4 heteroatoms. The maximum atomic E-state index is 12.2. The smallest absolute Gasteiger partial charge is 0.220 e. The average molecular weight is 301 g/mol. The second-order valence-electron chi connectivity index (χ2n) is 7.72. The summed E-state index contributed by atoms with van der Waals surface area (Å²) in [5, 5.41) is 3.21. The Kier molecular flexibility index (Phi) is 4.11. The molecule has 2 heterocycles. The van der Waals surface area contributed by atoms with Crippen molar-refractivity contribution in [3.05, 3.63) is 29.9 Å². The zero-order valence-corrected chi connectivity index (χ0v) is 13.9. The molecule has 0 aromatic carbocycles. The van der Waals surface area contributed by atoms with Crippen LogP contribution in [-0.2, 0) is 23.2 Å². The van der Waals surface area contributed by atoms with Gasteiger partial charge in [-0.25, -0.2) is 4.98 Å². The van der Waals surface area contributed by atoms with Gasteiger partial charge >= 0.3 is 0 Å². The Morgan fingerprint density at radius 3 is 2.91 bits per heavy atom. The number of carbonyl (C=O) groups is 1. The molecular formula is C18H27N3O. The van der Waals surface area contributed by atoms with Gasteiger partial charge in [0, 0.05) is 37.0 Å². The molecule has 120 valence electrons. The normalized spacial score (nSPS) is 24.3. The van der Waals surface area contributed by atoms with Gasteiger partial charge in [0.05, 0.1) is 5.69 Å². The van der Waals surface area contributed by atoms with E-state index < -0.39 is 0 Å². The Balaban J connectivity index is 1.58. The lowest BCUT2D eigenvalue weighted by Gasteiger charge is -2.25. The van der Waals surface area contributed by atoms with Crippen molar-refractivity contribution in [1.82, 2.24) is 14.9 Å². The van der Waals surface area contributed by atoms with Crippen LogP contribution in [0.2, 0.25) is 0 Å². The molecule has 1 aromatic rings. The van der Waals surface area contributed by atoms with Gasteiger partial charge in [-0.15, -0.1) is 0 Å². The Labute approximate surface area is 133 Å². The van der Waals surface area contributed by atoms with Gasteiger partial charge in [-0.05, 0) is 25.2 Å². The Bertz CT molecular complexity index is 580. The van der Waals surface area contributed by atoms with Crippen molar-refractivity contribution in [3.63, 3.8) is 0 Å². The van der Waals surface area contributed by atoms with E-state index in [-0.39, 0.29) is 17.4 Å². The molecule has 0 radical (unpaired) electrons. The molecule has 22 heavy (non-hydrogen) atoms. The topological polar surface area (TPSA) is 46.9 Å². The number of aromatic nitrogens is 2. The van der Waals surface area contributed by atoms with E-state index in [0.29, 0.717) is 12.3 Å². The van der Waals surface area contributed by atoms with Crippen molar-refractivity contribution in [2.24, 2.45) is 5.92 Å². The molecule has 0 unspecified atom stereocenters. The summed E-state index contributed by atoms with van der Waals surface area (Å²) in [6, 6.07) is 0.243. The fraction of sp³-hybridized carbons (Fsp3) is 0.667. The van der Waals surface area contributed by atoms with Crippen LogP contribution < -0.4 is 5.32 Å². The largest absolute Gasteiger partial charge is 0.352 e. The molecule has 1 aliphatic heterocycles. The third kappa shape index (κ3) is 3.42. The van der Waals surface area contributed by atoms with Crippen molar-refractivity contribution < 1.29 is 4.79 Å². The van der Waals surface area contributed by atoms with Gasteiger partial charge < -0.3 is 9.88 Å². The summed E-state index contributed by atoms with van der Waals surface area (Å²) in [5.74, 6) is 1.80. The first-order chi connectivity index (χ1) is 10.4. The summed E-state index contributed by atoms with van der Waals surface area (Å²) in [4.78, 5) is 16.9. The van der Waals surface area contributed by atoms with Crippen molar-refractivity contribution in [2.75, 3.05) is 0 Å². The summed E-state index contributed by atoms with van der Waals surface area (Å²) in [6.45, 7) is 7.42. The van der Waals surface area contributed by atoms with Crippen LogP contribution in [0.4, 0.5) is 0 Å². The number of allylic oxidation sites excluding steroid dienone is 2. The number of amides is 1. The summed E-state index contributed by atoms with van der Waals surface area (Å²) in [5.41, 5.74) is 1.23. The van der Waals surface area contributed by atoms with Crippen molar-refractivity contribution in [1.29, 1.82) is 0 Å². The van der Waals surface area contributed by atoms with E-state index in [1.165, 1.54) is 0 Å². The minimum atomic E-state index is 0.0812. The number of rotatable bonds is 3. The van der Waals surface area contributed by atoms with Gasteiger partial charge in [0.1, 0.15) is 5.82 Å². The van der Waals surface area contributed by atoms with Crippen molar-refractivity contribution in [2.45, 2.75) is 70.9 Å². The molecule has 1 amide bonds. The second kappa shape index (κ2) is 5.90. The zero-order valence-electron chi connectivity index (χ0n) is 13.9. The quantitative estimate of drug-likeness (QED) is 0.873. The first kappa shape index (κ1) is 15.3. The van der Waals surface area contributed by atoms with Gasteiger partial charge in [0.2, 0.25) is 5.91 Å². The SMILES string of the molecule is CC(C)(C)c1cn2c(n1)CC[C@H](NC(=O)C[C@H]1C=CCC1)C2.